The lowest BCUT2D eigenvalue weighted by Crippen LogP contribution is -2.25. The Labute approximate surface area is 250 Å². The molecule has 0 bridgehead atoms. The number of rotatable bonds is 12. The van der Waals surface area contributed by atoms with Crippen LogP contribution in [0.25, 0.3) is 5.69 Å². The topological polar surface area (TPSA) is 142 Å². The predicted octanol–water partition coefficient (Wildman–Crippen LogP) is 4.58. The normalized spacial score (nSPS) is 17.0. The fourth-order valence-electron chi connectivity index (χ4n) is 4.57. The number of methoxy groups -OCH3 is 2. The monoisotopic (exact) mass is 588 g/mol. The minimum absolute atomic E-state index is 0.0511. The van der Waals surface area contributed by atoms with Crippen LogP contribution < -0.4 is 14.8 Å². The molecule has 0 fully saturated rings. The number of hydrogen-bond donors (Lipinski definition) is 2. The maximum absolute atomic E-state index is 13.3. The van der Waals surface area contributed by atoms with Crippen molar-refractivity contribution in [2.75, 3.05) is 26.1 Å². The third-order valence-corrected chi connectivity index (χ3v) is 6.64. The van der Waals surface area contributed by atoms with Crippen LogP contribution in [0, 0.1) is 5.92 Å². The molecule has 2 N–H and O–H groups in total. The highest BCUT2D eigenvalue weighted by Crippen LogP contribution is 2.33. The van der Waals surface area contributed by atoms with E-state index in [9.17, 15) is 9.90 Å². The van der Waals surface area contributed by atoms with Crippen LogP contribution in [0.2, 0.25) is 0 Å². The molecule has 0 saturated heterocycles. The van der Waals surface area contributed by atoms with Gasteiger partial charge in [0.2, 0.25) is 0 Å². The van der Waals surface area contributed by atoms with Gasteiger partial charge in [0.15, 0.2) is 23.0 Å². The second kappa shape index (κ2) is 13.3. The standard InChI is InChI=1S/C31H36N6O6/c1-8-24(20-14-25(40-6)26(41-7)15-22(20)32-5)43-19-10-11-28(34-16-19)35-30(38)29-27(42-9-2)18-37(36-29)23-17-33-13-12-21(23)31(3,4)39/h8,10-18,20,22,39H,5,9H2,1-4,6-7H3,(H,34,35,38)/b24-8+. The molecule has 3 heterocycles. The Morgan fingerprint density at radius 2 is 1.93 bits per heavy atom. The van der Waals surface area contributed by atoms with E-state index in [-0.39, 0.29) is 29.2 Å². The zero-order chi connectivity index (χ0) is 31.1. The molecule has 4 rings (SSSR count). The van der Waals surface area contributed by atoms with Crippen LogP contribution in [0.5, 0.6) is 11.5 Å². The molecule has 0 radical (unpaired) electrons. The van der Waals surface area contributed by atoms with Crippen molar-refractivity contribution in [1.29, 1.82) is 0 Å². The Morgan fingerprint density at radius 3 is 2.53 bits per heavy atom. The number of carbonyl (C=O) groups excluding carboxylic acids is 1. The van der Waals surface area contributed by atoms with Gasteiger partial charge in [-0.15, -0.1) is 0 Å². The molecule has 2 atom stereocenters. The first-order valence-corrected chi connectivity index (χ1v) is 13.6. The maximum Gasteiger partial charge on any atom is 0.281 e. The fraction of sp³-hybridized carbons (Fsp3) is 0.323. The lowest BCUT2D eigenvalue weighted by molar-refractivity contribution is 0.0783. The summed E-state index contributed by atoms with van der Waals surface area (Å²) in [7, 11) is 3.13. The molecule has 1 aliphatic carbocycles. The minimum atomic E-state index is -1.16. The number of aliphatic hydroxyl groups is 1. The summed E-state index contributed by atoms with van der Waals surface area (Å²) in [6, 6.07) is 4.69. The van der Waals surface area contributed by atoms with Gasteiger partial charge in [-0.2, -0.15) is 5.10 Å². The Balaban J connectivity index is 1.52. The van der Waals surface area contributed by atoms with Gasteiger partial charge in [0.1, 0.15) is 17.3 Å². The van der Waals surface area contributed by atoms with Crippen LogP contribution in [-0.4, -0.2) is 64.3 Å². The average Bonchev–Trinajstić information content (AvgIpc) is 3.43. The number of pyridine rings is 2. The van der Waals surface area contributed by atoms with E-state index in [4.69, 9.17) is 18.9 Å². The first-order valence-electron chi connectivity index (χ1n) is 13.6. The van der Waals surface area contributed by atoms with E-state index in [2.05, 4.69) is 32.1 Å². The molecule has 3 aromatic rings. The Bertz CT molecular complexity index is 1550. The van der Waals surface area contributed by atoms with Crippen LogP contribution in [0.4, 0.5) is 5.82 Å². The van der Waals surface area contributed by atoms with Crippen molar-refractivity contribution in [3.8, 4) is 17.2 Å². The SMILES string of the molecule is C=NC1C=C(OC)C(OC)=CC1/C(=C\C)Oc1ccc(NC(=O)c2nn(-c3cnccc3C(C)(C)O)cc2OCC)nc1. The summed E-state index contributed by atoms with van der Waals surface area (Å²) in [6.45, 7) is 11.0. The zero-order valence-corrected chi connectivity index (χ0v) is 25.1. The van der Waals surface area contributed by atoms with Crippen molar-refractivity contribution in [1.82, 2.24) is 19.7 Å². The summed E-state index contributed by atoms with van der Waals surface area (Å²) >= 11 is 0. The number of hydrogen-bond acceptors (Lipinski definition) is 10. The first-order chi connectivity index (χ1) is 20.6. The smallest absolute Gasteiger partial charge is 0.281 e. The molecule has 12 heteroatoms. The van der Waals surface area contributed by atoms with Crippen molar-refractivity contribution < 1.29 is 28.8 Å². The highest BCUT2D eigenvalue weighted by molar-refractivity contribution is 6.04. The highest BCUT2D eigenvalue weighted by atomic mass is 16.5. The van der Waals surface area contributed by atoms with Crippen molar-refractivity contribution in [3.05, 3.63) is 89.7 Å². The minimum Gasteiger partial charge on any atom is -0.493 e. The molecule has 43 heavy (non-hydrogen) atoms. The predicted molar refractivity (Wildman–Crippen MR) is 161 cm³/mol. The molecule has 0 aromatic carbocycles. The summed E-state index contributed by atoms with van der Waals surface area (Å²) in [5.74, 6) is 1.97. The fourth-order valence-corrected chi connectivity index (χ4v) is 4.57. The molecule has 0 aliphatic heterocycles. The number of allylic oxidation sites excluding steroid dienone is 1. The van der Waals surface area contributed by atoms with Gasteiger partial charge in [-0.05, 0) is 70.8 Å². The van der Waals surface area contributed by atoms with E-state index in [1.165, 1.54) is 10.9 Å². The third kappa shape index (κ3) is 6.92. The molecule has 226 valence electrons. The molecule has 1 aliphatic rings. The van der Waals surface area contributed by atoms with Gasteiger partial charge in [-0.3, -0.25) is 14.8 Å². The Morgan fingerprint density at radius 1 is 1.19 bits per heavy atom. The maximum atomic E-state index is 13.3. The van der Waals surface area contributed by atoms with Crippen LogP contribution >= 0.6 is 0 Å². The Hall–Kier alpha value is -4.97. The molecule has 0 saturated carbocycles. The van der Waals surface area contributed by atoms with Crippen LogP contribution in [-0.2, 0) is 15.1 Å². The number of amides is 1. The van der Waals surface area contributed by atoms with E-state index in [0.717, 1.165) is 0 Å². The Kier molecular flexibility index (Phi) is 9.61. The van der Waals surface area contributed by atoms with Gasteiger partial charge < -0.3 is 29.4 Å². The largest absolute Gasteiger partial charge is 0.493 e. The van der Waals surface area contributed by atoms with Crippen molar-refractivity contribution in [2.45, 2.75) is 39.3 Å². The number of carbonyl (C=O) groups is 1. The van der Waals surface area contributed by atoms with E-state index in [0.29, 0.717) is 40.9 Å². The van der Waals surface area contributed by atoms with E-state index in [1.54, 1.807) is 64.9 Å². The molecular weight excluding hydrogens is 552 g/mol. The van der Waals surface area contributed by atoms with Gasteiger partial charge >= 0.3 is 0 Å². The van der Waals surface area contributed by atoms with Gasteiger partial charge in [-0.25, -0.2) is 9.67 Å². The average molecular weight is 589 g/mol. The quantitative estimate of drug-likeness (QED) is 0.230. The summed E-state index contributed by atoms with van der Waals surface area (Å²) in [6.07, 6.45) is 11.8. The number of nitrogens with one attached hydrogen (secondary N) is 1. The number of aromatic nitrogens is 4. The van der Waals surface area contributed by atoms with Gasteiger partial charge in [0.05, 0.1) is 62.7 Å². The highest BCUT2D eigenvalue weighted by Gasteiger charge is 2.30. The lowest BCUT2D eigenvalue weighted by atomic mass is 9.91. The van der Waals surface area contributed by atoms with Gasteiger partial charge in [0, 0.05) is 11.8 Å². The van der Waals surface area contributed by atoms with Crippen molar-refractivity contribution in [2.24, 2.45) is 10.9 Å². The summed E-state index contributed by atoms with van der Waals surface area (Å²) in [5, 5.41) is 17.8. The zero-order valence-electron chi connectivity index (χ0n) is 25.1. The number of nitrogens with zero attached hydrogens (tertiary/aromatic N) is 5. The molecule has 12 nitrogen and oxygen atoms in total. The van der Waals surface area contributed by atoms with Gasteiger partial charge in [0.25, 0.3) is 5.91 Å². The molecule has 3 aromatic heterocycles. The summed E-state index contributed by atoms with van der Waals surface area (Å²) in [4.78, 5) is 26.0. The van der Waals surface area contributed by atoms with Crippen LogP contribution in [0.1, 0.15) is 43.7 Å². The lowest BCUT2D eigenvalue weighted by Gasteiger charge is -2.27. The van der Waals surface area contributed by atoms with E-state index < -0.39 is 11.5 Å². The summed E-state index contributed by atoms with van der Waals surface area (Å²) < 4.78 is 24.2. The van der Waals surface area contributed by atoms with Crippen LogP contribution in [0.3, 0.4) is 0 Å². The van der Waals surface area contributed by atoms with Crippen molar-refractivity contribution in [3.63, 3.8) is 0 Å². The second-order valence-electron chi connectivity index (χ2n) is 9.97. The molecular formula is C31H36N6O6. The third-order valence-electron chi connectivity index (χ3n) is 6.64. The molecule has 0 spiro atoms. The summed E-state index contributed by atoms with van der Waals surface area (Å²) in [5.41, 5.74) is -0.00600. The number of aliphatic imine (C=N–C) groups is 1. The second-order valence-corrected chi connectivity index (χ2v) is 9.97. The van der Waals surface area contributed by atoms with Gasteiger partial charge in [-0.1, -0.05) is 0 Å². The van der Waals surface area contributed by atoms with Crippen LogP contribution in [0.15, 0.2) is 83.5 Å². The van der Waals surface area contributed by atoms with Crippen molar-refractivity contribution >= 4 is 18.4 Å². The van der Waals surface area contributed by atoms with E-state index in [1.807, 2.05) is 32.1 Å². The number of anilines is 1. The molecule has 1 amide bonds. The van der Waals surface area contributed by atoms with E-state index >= 15 is 0 Å². The molecule has 2 unspecified atom stereocenters. The number of ether oxygens (including phenoxy) is 4. The first kappa shape index (κ1) is 31.0.